The van der Waals surface area contributed by atoms with Crippen LogP contribution in [0.5, 0.6) is 5.75 Å². The van der Waals surface area contributed by atoms with Crippen LogP contribution in [-0.2, 0) is 0 Å². The predicted molar refractivity (Wildman–Crippen MR) is 56.8 cm³/mol. The third kappa shape index (κ3) is 7.52. The number of nitrogens with zero attached hydrogens (tertiary/aromatic N) is 1. The monoisotopic (exact) mass is 211 g/mol. The van der Waals surface area contributed by atoms with Crippen molar-refractivity contribution in [3.05, 3.63) is 29.8 Å². The summed E-state index contributed by atoms with van der Waals surface area (Å²) in [5, 5.41) is 19.0. The van der Waals surface area contributed by atoms with Gasteiger partial charge in [-0.3, -0.25) is 0 Å². The van der Waals surface area contributed by atoms with Crippen molar-refractivity contribution in [3.8, 4) is 5.75 Å². The first-order valence-electron chi connectivity index (χ1n) is 4.50. The highest BCUT2D eigenvalue weighted by Gasteiger charge is 1.99. The first-order chi connectivity index (χ1) is 6.72. The first-order valence-corrected chi connectivity index (χ1v) is 4.50. The Hall–Kier alpha value is -1.55. The fraction of sp³-hybridized carbons (Fsp3) is 0.364. The second-order valence-corrected chi connectivity index (χ2v) is 4.48. The van der Waals surface area contributed by atoms with E-state index in [1.165, 1.54) is 24.3 Å². The third-order valence-electron chi connectivity index (χ3n) is 1.12. The number of carbonyl (C=O) groups is 1. The molecule has 0 amide bonds. The van der Waals surface area contributed by atoms with Gasteiger partial charge in [-0.1, -0.05) is 23.9 Å². The molecule has 0 radical (unpaired) electrons. The highest BCUT2D eigenvalue weighted by atomic mass is 16.4. The van der Waals surface area contributed by atoms with Gasteiger partial charge in [0, 0.05) is 0 Å². The molecule has 1 aromatic carbocycles. The van der Waals surface area contributed by atoms with E-state index in [-0.39, 0.29) is 5.56 Å². The maximum Gasteiger partial charge on any atom is 0.335 e. The molecule has 0 aromatic heterocycles. The van der Waals surface area contributed by atoms with Crippen molar-refractivity contribution in [2.24, 2.45) is 0 Å². The van der Waals surface area contributed by atoms with E-state index in [1.54, 1.807) is 0 Å². The van der Waals surface area contributed by atoms with Crippen molar-refractivity contribution < 1.29 is 19.5 Å². The normalized spacial score (nSPS) is 10.1. The molecule has 0 heterocycles. The Morgan fingerprint density at radius 3 is 1.87 bits per heavy atom. The van der Waals surface area contributed by atoms with Crippen LogP contribution in [0.1, 0.15) is 10.4 Å². The molecule has 0 atom stereocenters. The summed E-state index contributed by atoms with van der Waals surface area (Å²) in [5.41, 5.74) is -0.178. The summed E-state index contributed by atoms with van der Waals surface area (Å²) in [5.74, 6) is -1.62. The second-order valence-electron chi connectivity index (χ2n) is 4.48. The zero-order valence-electron chi connectivity index (χ0n) is 9.52. The average molecular weight is 211 g/mol. The van der Waals surface area contributed by atoms with E-state index < -0.39 is 11.7 Å². The van der Waals surface area contributed by atoms with E-state index in [0.29, 0.717) is 0 Å². The zero-order valence-corrected chi connectivity index (χ0v) is 9.52. The second kappa shape index (κ2) is 5.36. The van der Waals surface area contributed by atoms with Crippen LogP contribution in [0.25, 0.3) is 0 Å². The molecule has 0 aliphatic heterocycles. The minimum atomic E-state index is -1.18. The Morgan fingerprint density at radius 1 is 1.20 bits per heavy atom. The van der Waals surface area contributed by atoms with Gasteiger partial charge in [0.15, 0.2) is 0 Å². The van der Waals surface area contributed by atoms with E-state index in [2.05, 4.69) is 28.2 Å². The van der Waals surface area contributed by atoms with Gasteiger partial charge in [-0.2, -0.15) is 0 Å². The fourth-order valence-corrected chi connectivity index (χ4v) is 0.643. The molecule has 4 heteroatoms. The van der Waals surface area contributed by atoms with Crippen LogP contribution >= 0.6 is 0 Å². The quantitative estimate of drug-likeness (QED) is 0.698. The molecule has 0 saturated carbocycles. The molecule has 0 spiro atoms. The predicted octanol–water partition coefficient (Wildman–Crippen LogP) is 0.781. The van der Waals surface area contributed by atoms with Crippen LogP contribution in [0.4, 0.5) is 0 Å². The number of hydrogen-bond acceptors (Lipinski definition) is 2. The molecule has 1 N–H and O–H groups in total. The maximum absolute atomic E-state index is 10.7. The van der Waals surface area contributed by atoms with Crippen molar-refractivity contribution in [3.63, 3.8) is 0 Å². The van der Waals surface area contributed by atoms with Crippen molar-refractivity contribution >= 4 is 5.97 Å². The number of rotatable bonds is 1. The number of hydrogen-bond donors (Lipinski definition) is 1. The van der Waals surface area contributed by atoms with E-state index in [0.717, 1.165) is 4.48 Å². The smallest absolute Gasteiger partial charge is 0.335 e. The average Bonchev–Trinajstić information content (AvgIpc) is 2.01. The number of quaternary nitrogens is 1. The molecule has 1 rings (SSSR count). The summed E-state index contributed by atoms with van der Waals surface area (Å²) >= 11 is 0. The molecule has 4 nitrogen and oxygen atoms in total. The number of benzene rings is 1. The van der Waals surface area contributed by atoms with Crippen molar-refractivity contribution in [2.45, 2.75) is 0 Å². The Kier molecular flexibility index (Phi) is 4.81. The van der Waals surface area contributed by atoms with Crippen LogP contribution < -0.4 is 5.11 Å². The number of carboxylic acids is 1. The molecule has 0 unspecified atom stereocenters. The molecule has 84 valence electrons. The molecule has 0 aliphatic rings. The van der Waals surface area contributed by atoms with Gasteiger partial charge in [0.1, 0.15) is 0 Å². The van der Waals surface area contributed by atoms with E-state index in [9.17, 15) is 9.90 Å². The largest absolute Gasteiger partial charge is 0.872 e. The summed E-state index contributed by atoms with van der Waals surface area (Å²) in [4.78, 5) is 10.2. The molecule has 15 heavy (non-hydrogen) atoms. The van der Waals surface area contributed by atoms with Gasteiger partial charge in [-0.05, 0) is 6.07 Å². The lowest BCUT2D eigenvalue weighted by Gasteiger charge is -2.14. The van der Waals surface area contributed by atoms with E-state index in [4.69, 9.17) is 5.11 Å². The zero-order chi connectivity index (χ0) is 12.1. The molecule has 0 bridgehead atoms. The topological polar surface area (TPSA) is 60.4 Å². The van der Waals surface area contributed by atoms with Gasteiger partial charge in [0.25, 0.3) is 0 Å². The van der Waals surface area contributed by atoms with Gasteiger partial charge in [-0.25, -0.2) is 4.79 Å². The van der Waals surface area contributed by atoms with Gasteiger partial charge in [0.05, 0.1) is 33.8 Å². The summed E-state index contributed by atoms with van der Waals surface area (Å²) in [6.07, 6.45) is 0. The molecular formula is C11H17NO3. The summed E-state index contributed by atoms with van der Waals surface area (Å²) in [6, 6.07) is 5.54. The van der Waals surface area contributed by atoms with Gasteiger partial charge in [-0.15, -0.1) is 0 Å². The third-order valence-corrected chi connectivity index (χ3v) is 1.12. The van der Waals surface area contributed by atoms with E-state index >= 15 is 0 Å². The lowest BCUT2D eigenvalue weighted by Crippen LogP contribution is -2.27. The lowest BCUT2D eigenvalue weighted by atomic mass is 10.2. The Bertz CT molecular complexity index is 323. The Labute approximate surface area is 90.0 Å². The standard InChI is InChI=1S/C7H6O3.C4H12N/c8-6-4-2-1-3-5(6)7(9)10;1-5(2,3)4/h1-4,8H,(H,9,10);1-4H3/q;+1/p-1. The van der Waals surface area contributed by atoms with Gasteiger partial charge in [0.2, 0.25) is 0 Å². The van der Waals surface area contributed by atoms with Gasteiger partial charge < -0.3 is 14.7 Å². The fourth-order valence-electron chi connectivity index (χ4n) is 0.643. The molecule has 1 aromatic rings. The van der Waals surface area contributed by atoms with Gasteiger partial charge >= 0.3 is 5.97 Å². The summed E-state index contributed by atoms with van der Waals surface area (Å²) in [7, 11) is 8.50. The summed E-state index contributed by atoms with van der Waals surface area (Å²) < 4.78 is 1.00. The van der Waals surface area contributed by atoms with Crippen molar-refractivity contribution in [1.82, 2.24) is 0 Å². The molecular weight excluding hydrogens is 194 g/mol. The van der Waals surface area contributed by atoms with E-state index in [1.807, 2.05) is 0 Å². The highest BCUT2D eigenvalue weighted by Crippen LogP contribution is 2.10. The number of carboxylic acid groups (broad SMARTS) is 1. The van der Waals surface area contributed by atoms with Crippen molar-refractivity contribution in [1.29, 1.82) is 0 Å². The molecule has 0 fully saturated rings. The first kappa shape index (κ1) is 13.4. The Morgan fingerprint density at radius 2 is 1.60 bits per heavy atom. The Balaban J connectivity index is 0.000000336. The lowest BCUT2D eigenvalue weighted by molar-refractivity contribution is -0.849. The molecule has 0 saturated heterocycles. The number of aromatic carboxylic acids is 1. The van der Waals surface area contributed by atoms with Crippen LogP contribution in [0.15, 0.2) is 24.3 Å². The van der Waals surface area contributed by atoms with Crippen LogP contribution in [0, 0.1) is 0 Å². The number of para-hydroxylation sites is 1. The molecule has 0 aliphatic carbocycles. The minimum absolute atomic E-state index is 0.178. The van der Waals surface area contributed by atoms with Crippen LogP contribution in [0.3, 0.4) is 0 Å². The minimum Gasteiger partial charge on any atom is -0.872 e. The van der Waals surface area contributed by atoms with Crippen LogP contribution in [0.2, 0.25) is 0 Å². The summed E-state index contributed by atoms with van der Waals surface area (Å²) in [6.45, 7) is 0. The van der Waals surface area contributed by atoms with Crippen LogP contribution in [-0.4, -0.2) is 43.7 Å². The maximum atomic E-state index is 10.7. The van der Waals surface area contributed by atoms with Crippen molar-refractivity contribution in [2.75, 3.05) is 28.2 Å². The SMILES string of the molecule is C[N+](C)(C)C.O=C(O)c1ccccc1[O-]. The highest BCUT2D eigenvalue weighted by molar-refractivity contribution is 5.90.